The van der Waals surface area contributed by atoms with Crippen molar-refractivity contribution in [2.24, 2.45) is 5.10 Å². The monoisotopic (exact) mass is 426 g/mol. The number of hydrogen-bond donors (Lipinski definition) is 1. The molecule has 0 aliphatic rings. The first-order valence-corrected chi connectivity index (χ1v) is 8.68. The van der Waals surface area contributed by atoms with Crippen molar-refractivity contribution in [3.05, 3.63) is 80.3 Å². The van der Waals surface area contributed by atoms with E-state index in [-0.39, 0.29) is 28.1 Å². The quantitative estimate of drug-likeness (QED) is 0.383. The smallest absolute Gasteiger partial charge is 0.271 e. The maximum absolute atomic E-state index is 12.2. The molecule has 3 rings (SSSR count). The topological polar surface area (TPSA) is 108 Å². The van der Waals surface area contributed by atoms with E-state index in [1.807, 2.05) is 42.5 Å². The number of nitro groups is 1. The van der Waals surface area contributed by atoms with Crippen LogP contribution in [-0.4, -0.2) is 17.0 Å². The zero-order valence-electron chi connectivity index (χ0n) is 13.9. The number of carbonyl (C=O) groups excluding carboxylic acids is 1. The normalized spacial score (nSPS) is 11.0. The van der Waals surface area contributed by atoms with Gasteiger partial charge < -0.3 is 5.11 Å². The molecular weight excluding hydrogens is 414 g/mol. The van der Waals surface area contributed by atoms with E-state index in [0.717, 1.165) is 34.7 Å². The van der Waals surface area contributed by atoms with Crippen molar-refractivity contribution in [2.75, 3.05) is 0 Å². The number of non-ortho nitro benzene ring substituents is 1. The highest BCUT2D eigenvalue weighted by Crippen LogP contribution is 2.29. The van der Waals surface area contributed by atoms with E-state index in [1.165, 1.54) is 0 Å². The Balaban J connectivity index is 1.73. The number of amides is 1. The fourth-order valence-electron chi connectivity index (χ4n) is 2.63. The number of hydrogen-bond acceptors (Lipinski definition) is 5. The molecule has 0 atom stereocenters. The van der Waals surface area contributed by atoms with Crippen LogP contribution >= 0.6 is 15.9 Å². The van der Waals surface area contributed by atoms with Crippen LogP contribution in [0.2, 0.25) is 0 Å². The lowest BCUT2D eigenvalue weighted by molar-refractivity contribution is -0.385. The van der Waals surface area contributed by atoms with Crippen LogP contribution in [0.1, 0.15) is 11.1 Å². The molecule has 0 radical (unpaired) electrons. The molecule has 0 bridgehead atoms. The van der Waals surface area contributed by atoms with Crippen LogP contribution in [0, 0.1) is 10.1 Å². The van der Waals surface area contributed by atoms with E-state index in [2.05, 4.69) is 26.5 Å². The van der Waals surface area contributed by atoms with Gasteiger partial charge in [-0.15, -0.1) is 0 Å². The van der Waals surface area contributed by atoms with Crippen molar-refractivity contribution in [2.45, 2.75) is 6.42 Å². The van der Waals surface area contributed by atoms with Gasteiger partial charge in [0.05, 0.1) is 17.6 Å². The van der Waals surface area contributed by atoms with Crippen molar-refractivity contribution in [3.63, 3.8) is 0 Å². The van der Waals surface area contributed by atoms with E-state index >= 15 is 0 Å². The van der Waals surface area contributed by atoms with Crippen LogP contribution in [0.15, 0.2) is 64.2 Å². The zero-order chi connectivity index (χ0) is 19.4. The van der Waals surface area contributed by atoms with Crippen molar-refractivity contribution < 1.29 is 14.8 Å². The molecular formula is C19H13BrN3O4-. The summed E-state index contributed by atoms with van der Waals surface area (Å²) >= 11 is 2.99. The highest BCUT2D eigenvalue weighted by Gasteiger charge is 2.10. The van der Waals surface area contributed by atoms with Crippen LogP contribution in [0.3, 0.4) is 0 Å². The van der Waals surface area contributed by atoms with Gasteiger partial charge in [0.25, 0.3) is 5.69 Å². The van der Waals surface area contributed by atoms with Crippen LogP contribution in [0.25, 0.3) is 10.8 Å². The molecule has 0 spiro atoms. The number of nitro benzene ring substituents is 1. The van der Waals surface area contributed by atoms with E-state index in [1.54, 1.807) is 0 Å². The van der Waals surface area contributed by atoms with Crippen LogP contribution in [0.4, 0.5) is 5.69 Å². The fourth-order valence-corrected chi connectivity index (χ4v) is 3.10. The second kappa shape index (κ2) is 7.96. The largest absolute Gasteiger partial charge is 0.871 e. The molecule has 0 aromatic heterocycles. The highest BCUT2D eigenvalue weighted by atomic mass is 79.9. The van der Waals surface area contributed by atoms with Gasteiger partial charge in [-0.05, 0) is 21.9 Å². The number of rotatable bonds is 5. The van der Waals surface area contributed by atoms with Crippen molar-refractivity contribution in [1.82, 2.24) is 5.43 Å². The summed E-state index contributed by atoms with van der Waals surface area (Å²) in [7, 11) is 0. The number of halogens is 1. The predicted octanol–water partition coefficient (Wildman–Crippen LogP) is 3.28. The van der Waals surface area contributed by atoms with Crippen molar-refractivity contribution in [3.8, 4) is 5.75 Å². The third-order valence-corrected chi connectivity index (χ3v) is 4.48. The average Bonchev–Trinajstić information content (AvgIpc) is 2.65. The summed E-state index contributed by atoms with van der Waals surface area (Å²) in [5.74, 6) is -0.813. The van der Waals surface area contributed by atoms with Crippen LogP contribution in [0.5, 0.6) is 5.75 Å². The molecule has 8 heteroatoms. The summed E-state index contributed by atoms with van der Waals surface area (Å²) in [5.41, 5.74) is 2.95. The number of carbonyl (C=O) groups is 1. The third kappa shape index (κ3) is 4.29. The zero-order valence-corrected chi connectivity index (χ0v) is 15.5. The molecule has 0 aliphatic heterocycles. The first kappa shape index (κ1) is 18.5. The van der Waals surface area contributed by atoms with Gasteiger partial charge in [-0.2, -0.15) is 5.10 Å². The Morgan fingerprint density at radius 3 is 2.70 bits per heavy atom. The van der Waals surface area contributed by atoms with E-state index < -0.39 is 10.7 Å². The Morgan fingerprint density at radius 2 is 1.93 bits per heavy atom. The second-order valence-corrected chi connectivity index (χ2v) is 6.57. The van der Waals surface area contributed by atoms with E-state index in [0.29, 0.717) is 0 Å². The SMILES string of the molecule is O=C(Cc1cccc2ccccc12)N/N=C\c1cc([N+](=O)[O-])cc(Br)c1[O-]. The summed E-state index contributed by atoms with van der Waals surface area (Å²) in [6.45, 7) is 0. The highest BCUT2D eigenvalue weighted by molar-refractivity contribution is 9.10. The Labute approximate surface area is 162 Å². The maximum atomic E-state index is 12.2. The van der Waals surface area contributed by atoms with Crippen molar-refractivity contribution >= 4 is 44.5 Å². The van der Waals surface area contributed by atoms with Gasteiger partial charge in [-0.1, -0.05) is 64.1 Å². The number of nitrogens with zero attached hydrogens (tertiary/aromatic N) is 2. The first-order chi connectivity index (χ1) is 13.0. The summed E-state index contributed by atoms with van der Waals surface area (Å²) < 4.78 is 0.0558. The van der Waals surface area contributed by atoms with Crippen LogP contribution in [-0.2, 0) is 11.2 Å². The minimum absolute atomic E-state index is 0.00142. The summed E-state index contributed by atoms with van der Waals surface area (Å²) in [5, 5.41) is 28.6. The minimum atomic E-state index is -0.610. The molecule has 0 heterocycles. The lowest BCUT2D eigenvalue weighted by atomic mass is 10.0. The van der Waals surface area contributed by atoms with Crippen molar-refractivity contribution in [1.29, 1.82) is 0 Å². The molecule has 7 nitrogen and oxygen atoms in total. The molecule has 0 unspecified atom stereocenters. The van der Waals surface area contributed by atoms with Gasteiger partial charge in [0.15, 0.2) is 0 Å². The molecule has 0 saturated carbocycles. The molecule has 1 amide bonds. The number of nitrogens with one attached hydrogen (secondary N) is 1. The summed E-state index contributed by atoms with van der Waals surface area (Å²) in [4.78, 5) is 22.4. The number of fused-ring (bicyclic) bond motifs is 1. The average molecular weight is 427 g/mol. The maximum Gasteiger partial charge on any atom is 0.271 e. The first-order valence-electron chi connectivity index (χ1n) is 7.89. The summed E-state index contributed by atoms with van der Waals surface area (Å²) in [6.07, 6.45) is 1.21. The van der Waals surface area contributed by atoms with E-state index in [4.69, 9.17) is 0 Å². The second-order valence-electron chi connectivity index (χ2n) is 5.71. The van der Waals surface area contributed by atoms with Gasteiger partial charge in [-0.25, -0.2) is 5.43 Å². The van der Waals surface area contributed by atoms with Gasteiger partial charge in [0, 0.05) is 16.6 Å². The Bertz CT molecular complexity index is 1060. The van der Waals surface area contributed by atoms with Gasteiger partial charge in [0.2, 0.25) is 5.91 Å². The van der Waals surface area contributed by atoms with E-state index in [9.17, 15) is 20.0 Å². The Kier molecular flexibility index (Phi) is 5.46. The molecule has 136 valence electrons. The molecule has 27 heavy (non-hydrogen) atoms. The number of hydrazone groups is 1. The molecule has 0 aliphatic carbocycles. The molecule has 1 N–H and O–H groups in total. The molecule has 3 aromatic rings. The fraction of sp³-hybridized carbons (Fsp3) is 0.0526. The standard InChI is InChI=1S/C19H14BrN3O4/c20-17-10-15(23(26)27)8-14(19(17)25)11-21-22-18(24)9-13-6-3-5-12-4-1-2-7-16(12)13/h1-8,10-11,25H,9H2,(H,22,24)/p-1/b21-11-. The third-order valence-electron chi connectivity index (χ3n) is 3.89. The van der Waals surface area contributed by atoms with Crippen LogP contribution < -0.4 is 10.5 Å². The lowest BCUT2D eigenvalue weighted by Crippen LogP contribution is -2.20. The minimum Gasteiger partial charge on any atom is -0.871 e. The van der Waals surface area contributed by atoms with Gasteiger partial charge in [0.1, 0.15) is 0 Å². The Morgan fingerprint density at radius 1 is 1.19 bits per heavy atom. The number of benzene rings is 3. The predicted molar refractivity (Wildman–Crippen MR) is 104 cm³/mol. The van der Waals surface area contributed by atoms with Gasteiger partial charge >= 0.3 is 0 Å². The molecule has 0 saturated heterocycles. The molecule has 3 aromatic carbocycles. The molecule has 0 fully saturated rings. The summed E-state index contributed by atoms with van der Waals surface area (Å²) in [6, 6.07) is 15.6. The van der Waals surface area contributed by atoms with Gasteiger partial charge in [-0.3, -0.25) is 14.9 Å². The Hall–Kier alpha value is -3.26. The lowest BCUT2D eigenvalue weighted by Gasteiger charge is -2.12.